The molecule has 172 valence electrons. The number of aromatic amines is 2. The van der Waals surface area contributed by atoms with Crippen molar-refractivity contribution in [3.05, 3.63) is 71.1 Å². The first kappa shape index (κ1) is 21.7. The van der Waals surface area contributed by atoms with Gasteiger partial charge in [-0.2, -0.15) is 0 Å². The SMILES string of the molecule is O=c1[nH]c2cccc(N3CCN(CCCNS(=O)(=O)c4ccc5ccccc5c4)CC3)c2[nH]1. The van der Waals surface area contributed by atoms with E-state index in [4.69, 9.17) is 0 Å². The number of nitrogens with zero attached hydrogens (tertiary/aromatic N) is 2. The van der Waals surface area contributed by atoms with Crippen molar-refractivity contribution in [2.45, 2.75) is 11.3 Å². The lowest BCUT2D eigenvalue weighted by molar-refractivity contribution is 0.255. The van der Waals surface area contributed by atoms with Gasteiger partial charge < -0.3 is 14.9 Å². The van der Waals surface area contributed by atoms with Crippen LogP contribution in [0.4, 0.5) is 5.69 Å². The molecule has 1 aromatic heterocycles. The quantitative estimate of drug-likeness (QED) is 0.364. The van der Waals surface area contributed by atoms with Gasteiger partial charge in [-0.3, -0.25) is 4.90 Å². The number of piperazine rings is 1. The Morgan fingerprint density at radius 2 is 1.67 bits per heavy atom. The molecule has 1 aliphatic rings. The van der Waals surface area contributed by atoms with Crippen LogP contribution in [0.2, 0.25) is 0 Å². The Morgan fingerprint density at radius 1 is 0.879 bits per heavy atom. The summed E-state index contributed by atoms with van der Waals surface area (Å²) in [5, 5.41) is 1.94. The van der Waals surface area contributed by atoms with Gasteiger partial charge in [-0.1, -0.05) is 36.4 Å². The van der Waals surface area contributed by atoms with E-state index >= 15 is 0 Å². The Hall–Kier alpha value is -3.14. The number of para-hydroxylation sites is 1. The van der Waals surface area contributed by atoms with E-state index in [1.165, 1.54) is 0 Å². The molecule has 0 saturated carbocycles. The van der Waals surface area contributed by atoms with Gasteiger partial charge in [0.05, 0.1) is 21.6 Å². The molecular weight excluding hydrogens is 438 g/mol. The standard InChI is InChI=1S/C24H27N5O3S/c30-24-26-21-7-3-8-22(23(21)27-24)29-15-13-28(14-16-29)12-4-11-25-33(31,32)20-10-9-18-5-1-2-6-19(18)17-20/h1-3,5-10,17,25H,4,11-16H2,(H2,26,27,30). The number of H-pyrrole nitrogens is 2. The molecule has 1 saturated heterocycles. The van der Waals surface area contributed by atoms with Crippen molar-refractivity contribution in [1.29, 1.82) is 0 Å². The molecule has 0 radical (unpaired) electrons. The average Bonchev–Trinajstić information content (AvgIpc) is 3.22. The topological polar surface area (TPSA) is 101 Å². The molecule has 9 heteroatoms. The van der Waals surface area contributed by atoms with Crippen molar-refractivity contribution >= 4 is 37.5 Å². The van der Waals surface area contributed by atoms with Crippen molar-refractivity contribution < 1.29 is 8.42 Å². The first-order valence-electron chi connectivity index (χ1n) is 11.2. The predicted molar refractivity (Wildman–Crippen MR) is 131 cm³/mol. The number of imidazole rings is 1. The number of hydrogen-bond acceptors (Lipinski definition) is 5. The molecule has 8 nitrogen and oxygen atoms in total. The number of fused-ring (bicyclic) bond motifs is 2. The molecule has 1 fully saturated rings. The summed E-state index contributed by atoms with van der Waals surface area (Å²) in [5.41, 5.74) is 2.51. The first-order chi connectivity index (χ1) is 16.0. The highest BCUT2D eigenvalue weighted by molar-refractivity contribution is 7.89. The minimum atomic E-state index is -3.53. The van der Waals surface area contributed by atoms with E-state index in [0.29, 0.717) is 11.4 Å². The third kappa shape index (κ3) is 4.66. The van der Waals surface area contributed by atoms with Crippen LogP contribution >= 0.6 is 0 Å². The van der Waals surface area contributed by atoms with Crippen LogP contribution in [0, 0.1) is 0 Å². The summed E-state index contributed by atoms with van der Waals surface area (Å²) in [5.74, 6) is 0. The number of rotatable bonds is 7. The lowest BCUT2D eigenvalue weighted by Gasteiger charge is -2.36. The summed E-state index contributed by atoms with van der Waals surface area (Å²) >= 11 is 0. The second kappa shape index (κ2) is 9.01. The maximum Gasteiger partial charge on any atom is 0.323 e. The Morgan fingerprint density at radius 3 is 2.48 bits per heavy atom. The molecule has 0 bridgehead atoms. The van der Waals surface area contributed by atoms with Gasteiger partial charge in [0.1, 0.15) is 0 Å². The van der Waals surface area contributed by atoms with E-state index in [2.05, 4.69) is 24.5 Å². The number of sulfonamides is 1. The highest BCUT2D eigenvalue weighted by atomic mass is 32.2. The molecule has 4 aromatic rings. The van der Waals surface area contributed by atoms with E-state index in [1.807, 2.05) is 48.5 Å². The van der Waals surface area contributed by atoms with E-state index < -0.39 is 10.0 Å². The summed E-state index contributed by atoms with van der Waals surface area (Å²) in [7, 11) is -3.53. The summed E-state index contributed by atoms with van der Waals surface area (Å²) in [4.78, 5) is 22.3. The molecular formula is C24H27N5O3S. The Balaban J connectivity index is 1.12. The van der Waals surface area contributed by atoms with Gasteiger partial charge in [-0.05, 0) is 48.0 Å². The van der Waals surface area contributed by atoms with Crippen LogP contribution in [-0.4, -0.2) is 62.6 Å². The zero-order valence-electron chi connectivity index (χ0n) is 18.3. The normalized spacial score (nSPS) is 15.5. The first-order valence-corrected chi connectivity index (χ1v) is 12.6. The minimum Gasteiger partial charge on any atom is -0.367 e. The fourth-order valence-corrected chi connectivity index (χ4v) is 5.55. The minimum absolute atomic E-state index is 0.192. The van der Waals surface area contributed by atoms with Gasteiger partial charge in [-0.15, -0.1) is 0 Å². The maximum absolute atomic E-state index is 12.7. The predicted octanol–water partition coefficient (Wildman–Crippen LogP) is 2.50. The molecule has 5 rings (SSSR count). The van der Waals surface area contributed by atoms with Gasteiger partial charge in [0.15, 0.2) is 0 Å². The van der Waals surface area contributed by atoms with Crippen LogP contribution in [0.15, 0.2) is 70.4 Å². The summed E-state index contributed by atoms with van der Waals surface area (Å²) in [6.45, 7) is 4.73. The fourth-order valence-electron chi connectivity index (χ4n) is 4.45. The number of benzene rings is 3. The van der Waals surface area contributed by atoms with Crippen LogP contribution in [-0.2, 0) is 10.0 Å². The number of aromatic nitrogens is 2. The molecule has 0 atom stereocenters. The fraction of sp³-hybridized carbons (Fsp3) is 0.292. The molecule has 3 aromatic carbocycles. The Kier molecular flexibility index (Phi) is 5.92. The second-order valence-electron chi connectivity index (χ2n) is 8.37. The third-order valence-electron chi connectivity index (χ3n) is 6.22. The molecule has 3 N–H and O–H groups in total. The van der Waals surface area contributed by atoms with Crippen molar-refractivity contribution in [2.75, 3.05) is 44.2 Å². The summed E-state index contributed by atoms with van der Waals surface area (Å²) < 4.78 is 28.1. The lowest BCUT2D eigenvalue weighted by Crippen LogP contribution is -2.47. The summed E-state index contributed by atoms with van der Waals surface area (Å²) in [6.07, 6.45) is 0.744. The van der Waals surface area contributed by atoms with Crippen LogP contribution in [0.5, 0.6) is 0 Å². The zero-order valence-corrected chi connectivity index (χ0v) is 19.1. The zero-order chi connectivity index (χ0) is 22.8. The van der Waals surface area contributed by atoms with Crippen molar-refractivity contribution in [3.63, 3.8) is 0 Å². The largest absolute Gasteiger partial charge is 0.367 e. The van der Waals surface area contributed by atoms with E-state index in [1.54, 1.807) is 12.1 Å². The van der Waals surface area contributed by atoms with Gasteiger partial charge >= 0.3 is 5.69 Å². The highest BCUT2D eigenvalue weighted by Crippen LogP contribution is 2.24. The molecule has 33 heavy (non-hydrogen) atoms. The van der Waals surface area contributed by atoms with Crippen LogP contribution in [0.3, 0.4) is 0 Å². The van der Waals surface area contributed by atoms with E-state index in [0.717, 1.165) is 66.6 Å². The number of hydrogen-bond donors (Lipinski definition) is 3. The van der Waals surface area contributed by atoms with Crippen molar-refractivity contribution in [2.24, 2.45) is 0 Å². The molecule has 0 amide bonds. The van der Waals surface area contributed by atoms with Crippen molar-refractivity contribution in [3.8, 4) is 0 Å². The molecule has 2 heterocycles. The van der Waals surface area contributed by atoms with Gasteiger partial charge in [0.25, 0.3) is 0 Å². The highest BCUT2D eigenvalue weighted by Gasteiger charge is 2.20. The Bertz CT molecular complexity index is 1440. The van der Waals surface area contributed by atoms with Gasteiger partial charge in [0, 0.05) is 32.7 Å². The molecule has 0 spiro atoms. The molecule has 0 aliphatic carbocycles. The maximum atomic E-state index is 12.7. The summed E-state index contributed by atoms with van der Waals surface area (Å²) in [6, 6.07) is 18.8. The van der Waals surface area contributed by atoms with E-state index in [-0.39, 0.29) is 5.69 Å². The van der Waals surface area contributed by atoms with E-state index in [9.17, 15) is 13.2 Å². The van der Waals surface area contributed by atoms with Crippen LogP contribution < -0.4 is 15.3 Å². The molecule has 0 unspecified atom stereocenters. The third-order valence-corrected chi connectivity index (χ3v) is 7.68. The average molecular weight is 466 g/mol. The van der Waals surface area contributed by atoms with Crippen molar-refractivity contribution in [1.82, 2.24) is 19.6 Å². The molecule has 1 aliphatic heterocycles. The monoisotopic (exact) mass is 465 g/mol. The van der Waals surface area contributed by atoms with Crippen LogP contribution in [0.25, 0.3) is 21.8 Å². The van der Waals surface area contributed by atoms with Gasteiger partial charge in [-0.25, -0.2) is 17.9 Å². The number of nitrogens with one attached hydrogen (secondary N) is 3. The number of anilines is 1. The second-order valence-corrected chi connectivity index (χ2v) is 10.1. The Labute approximate surface area is 192 Å². The van der Waals surface area contributed by atoms with Crippen LogP contribution in [0.1, 0.15) is 6.42 Å². The lowest BCUT2D eigenvalue weighted by atomic mass is 10.1. The smallest absolute Gasteiger partial charge is 0.323 e. The van der Waals surface area contributed by atoms with Gasteiger partial charge in [0.2, 0.25) is 10.0 Å².